The molecule has 0 saturated heterocycles. The maximum atomic E-state index is 12.1. The van der Waals surface area contributed by atoms with Gasteiger partial charge in [-0.05, 0) is 17.9 Å². The maximum absolute atomic E-state index is 12.1. The Hall–Kier alpha value is -1.55. The van der Waals surface area contributed by atoms with E-state index in [9.17, 15) is 9.90 Å². The van der Waals surface area contributed by atoms with E-state index >= 15 is 0 Å². The zero-order valence-corrected chi connectivity index (χ0v) is 12.3. The minimum atomic E-state index is -0.241. The monoisotopic (exact) mass is 321 g/mol. The first-order valence-corrected chi connectivity index (χ1v) is 7.37. The van der Waals surface area contributed by atoms with Crippen LogP contribution in [0.4, 0.5) is 0 Å². The zero-order valence-electron chi connectivity index (χ0n) is 10.7. The van der Waals surface area contributed by atoms with E-state index in [0.717, 1.165) is 11.8 Å². The summed E-state index contributed by atoms with van der Waals surface area (Å²) < 4.78 is 0. The van der Waals surface area contributed by atoms with Crippen LogP contribution in [0.2, 0.25) is 0 Å². The molecule has 1 amide bonds. The molecule has 1 atom stereocenters. The standard InChI is InChI=1S/C15H16BrNO2/c1-2-11(9-16)17-15(19)13-8-7-10-5-3-4-6-12(10)14(13)18/h3-8,11,18H,2,9H2,1H3,(H,17,19). The number of aromatic hydroxyl groups is 1. The van der Waals surface area contributed by atoms with Crippen molar-refractivity contribution in [3.8, 4) is 5.75 Å². The van der Waals surface area contributed by atoms with E-state index in [2.05, 4.69) is 21.2 Å². The number of benzene rings is 2. The number of alkyl halides is 1. The van der Waals surface area contributed by atoms with Gasteiger partial charge in [-0.2, -0.15) is 0 Å². The molecule has 2 N–H and O–H groups in total. The Morgan fingerprint density at radius 1 is 1.32 bits per heavy atom. The maximum Gasteiger partial charge on any atom is 0.255 e. The number of phenolic OH excluding ortho intramolecular Hbond substituents is 1. The number of nitrogens with one attached hydrogen (secondary N) is 1. The van der Waals surface area contributed by atoms with Crippen LogP contribution in [0.25, 0.3) is 10.8 Å². The van der Waals surface area contributed by atoms with Gasteiger partial charge in [0.05, 0.1) is 5.56 Å². The van der Waals surface area contributed by atoms with Gasteiger partial charge in [-0.3, -0.25) is 4.79 Å². The van der Waals surface area contributed by atoms with Gasteiger partial charge in [-0.1, -0.05) is 53.2 Å². The first-order chi connectivity index (χ1) is 9.17. The molecule has 3 nitrogen and oxygen atoms in total. The lowest BCUT2D eigenvalue weighted by molar-refractivity contribution is 0.0938. The fourth-order valence-electron chi connectivity index (χ4n) is 1.95. The third-order valence-electron chi connectivity index (χ3n) is 3.16. The highest BCUT2D eigenvalue weighted by molar-refractivity contribution is 9.09. The van der Waals surface area contributed by atoms with Crippen molar-refractivity contribution >= 4 is 32.6 Å². The lowest BCUT2D eigenvalue weighted by Gasteiger charge is -2.15. The minimum absolute atomic E-state index is 0.0417. The Morgan fingerprint density at radius 2 is 2.05 bits per heavy atom. The highest BCUT2D eigenvalue weighted by atomic mass is 79.9. The smallest absolute Gasteiger partial charge is 0.255 e. The van der Waals surface area contributed by atoms with Crippen LogP contribution < -0.4 is 5.32 Å². The van der Waals surface area contributed by atoms with Gasteiger partial charge in [0.15, 0.2) is 0 Å². The van der Waals surface area contributed by atoms with Crippen molar-refractivity contribution in [2.45, 2.75) is 19.4 Å². The van der Waals surface area contributed by atoms with E-state index in [1.54, 1.807) is 6.07 Å². The Morgan fingerprint density at radius 3 is 2.74 bits per heavy atom. The molecule has 0 aromatic heterocycles. The normalized spacial score (nSPS) is 12.3. The van der Waals surface area contributed by atoms with Gasteiger partial charge in [-0.15, -0.1) is 0 Å². The third-order valence-corrected chi connectivity index (χ3v) is 3.94. The van der Waals surface area contributed by atoms with Crippen molar-refractivity contribution in [1.29, 1.82) is 0 Å². The van der Waals surface area contributed by atoms with Gasteiger partial charge in [0.2, 0.25) is 0 Å². The number of hydrogen-bond donors (Lipinski definition) is 2. The number of fused-ring (bicyclic) bond motifs is 1. The van der Waals surface area contributed by atoms with Gasteiger partial charge >= 0.3 is 0 Å². The largest absolute Gasteiger partial charge is 0.506 e. The van der Waals surface area contributed by atoms with Crippen LogP contribution in [-0.2, 0) is 0 Å². The molecule has 0 aliphatic carbocycles. The second kappa shape index (κ2) is 6.06. The van der Waals surface area contributed by atoms with Crippen LogP contribution in [0.3, 0.4) is 0 Å². The molecule has 1 unspecified atom stereocenters. The van der Waals surface area contributed by atoms with E-state index in [1.807, 2.05) is 37.3 Å². The molecule has 2 rings (SSSR count). The second-order valence-electron chi connectivity index (χ2n) is 4.42. The van der Waals surface area contributed by atoms with Crippen molar-refractivity contribution in [3.63, 3.8) is 0 Å². The Bertz CT molecular complexity index is 594. The highest BCUT2D eigenvalue weighted by Crippen LogP contribution is 2.28. The van der Waals surface area contributed by atoms with Crippen molar-refractivity contribution in [2.24, 2.45) is 0 Å². The molecule has 19 heavy (non-hydrogen) atoms. The average Bonchev–Trinajstić information content (AvgIpc) is 2.45. The van der Waals surface area contributed by atoms with E-state index in [-0.39, 0.29) is 17.7 Å². The van der Waals surface area contributed by atoms with Crippen LogP contribution in [0, 0.1) is 0 Å². The first kappa shape index (κ1) is 13.9. The van der Waals surface area contributed by atoms with E-state index in [1.165, 1.54) is 0 Å². The fraction of sp³-hybridized carbons (Fsp3) is 0.267. The van der Waals surface area contributed by atoms with Gasteiger partial charge in [0.25, 0.3) is 5.91 Å². The van der Waals surface area contributed by atoms with Gasteiger partial charge in [0.1, 0.15) is 5.75 Å². The zero-order chi connectivity index (χ0) is 13.8. The molecule has 100 valence electrons. The van der Waals surface area contributed by atoms with Crippen LogP contribution >= 0.6 is 15.9 Å². The molecule has 2 aromatic rings. The number of phenols is 1. The molecular formula is C15H16BrNO2. The van der Waals surface area contributed by atoms with Crippen molar-refractivity contribution in [3.05, 3.63) is 42.0 Å². The molecule has 2 aromatic carbocycles. The molecule has 0 heterocycles. The van der Waals surface area contributed by atoms with Gasteiger partial charge in [0, 0.05) is 16.8 Å². The van der Waals surface area contributed by atoms with Crippen LogP contribution in [0.1, 0.15) is 23.7 Å². The summed E-state index contributed by atoms with van der Waals surface area (Å²) in [4.78, 5) is 12.1. The summed E-state index contributed by atoms with van der Waals surface area (Å²) in [6, 6.07) is 11.0. The fourth-order valence-corrected chi connectivity index (χ4v) is 2.57. The summed E-state index contributed by atoms with van der Waals surface area (Å²) in [5.41, 5.74) is 0.318. The summed E-state index contributed by atoms with van der Waals surface area (Å²) >= 11 is 3.36. The minimum Gasteiger partial charge on any atom is -0.506 e. The Kier molecular flexibility index (Phi) is 4.43. The van der Waals surface area contributed by atoms with Gasteiger partial charge in [-0.25, -0.2) is 0 Å². The predicted molar refractivity (Wildman–Crippen MR) is 81.0 cm³/mol. The van der Waals surface area contributed by atoms with Crippen LogP contribution in [-0.4, -0.2) is 22.4 Å². The van der Waals surface area contributed by atoms with Gasteiger partial charge < -0.3 is 10.4 Å². The lowest BCUT2D eigenvalue weighted by Crippen LogP contribution is -2.35. The van der Waals surface area contributed by atoms with Crippen LogP contribution in [0.15, 0.2) is 36.4 Å². The lowest BCUT2D eigenvalue weighted by atomic mass is 10.0. The molecule has 0 bridgehead atoms. The third kappa shape index (κ3) is 2.89. The van der Waals surface area contributed by atoms with E-state index < -0.39 is 0 Å². The summed E-state index contributed by atoms with van der Waals surface area (Å²) in [5.74, 6) is -0.199. The number of carbonyl (C=O) groups excluding carboxylic acids is 1. The predicted octanol–water partition coefficient (Wildman–Crippen LogP) is 3.45. The number of halogens is 1. The highest BCUT2D eigenvalue weighted by Gasteiger charge is 2.16. The van der Waals surface area contributed by atoms with Crippen molar-refractivity contribution in [2.75, 3.05) is 5.33 Å². The first-order valence-electron chi connectivity index (χ1n) is 6.25. The Labute approximate surface area is 120 Å². The second-order valence-corrected chi connectivity index (χ2v) is 5.06. The number of amides is 1. The van der Waals surface area contributed by atoms with E-state index in [4.69, 9.17) is 0 Å². The molecular weight excluding hydrogens is 306 g/mol. The summed E-state index contributed by atoms with van der Waals surface area (Å²) in [5, 5.41) is 15.4. The summed E-state index contributed by atoms with van der Waals surface area (Å²) in [6.07, 6.45) is 0.839. The summed E-state index contributed by atoms with van der Waals surface area (Å²) in [6.45, 7) is 2.01. The molecule has 0 spiro atoms. The summed E-state index contributed by atoms with van der Waals surface area (Å²) in [7, 11) is 0. The molecule has 0 radical (unpaired) electrons. The average molecular weight is 322 g/mol. The molecule has 0 fully saturated rings. The van der Waals surface area contributed by atoms with E-state index in [0.29, 0.717) is 16.3 Å². The topological polar surface area (TPSA) is 49.3 Å². The number of hydrogen-bond acceptors (Lipinski definition) is 2. The molecule has 0 aliphatic rings. The number of rotatable bonds is 4. The van der Waals surface area contributed by atoms with Crippen LogP contribution in [0.5, 0.6) is 5.75 Å². The quantitative estimate of drug-likeness (QED) is 0.847. The molecule has 4 heteroatoms. The Balaban J connectivity index is 2.35. The number of carbonyl (C=O) groups is 1. The molecule has 0 aliphatic heterocycles. The van der Waals surface area contributed by atoms with Crippen molar-refractivity contribution in [1.82, 2.24) is 5.32 Å². The van der Waals surface area contributed by atoms with Crippen molar-refractivity contribution < 1.29 is 9.90 Å². The SMILES string of the molecule is CCC(CBr)NC(=O)c1ccc2ccccc2c1O. The molecule has 0 saturated carbocycles.